The number of hydrogen-bond donors (Lipinski definition) is 2. The van der Waals surface area contributed by atoms with Crippen LogP contribution in [0, 0.1) is 0 Å². The molecule has 112 valence electrons. The van der Waals surface area contributed by atoms with Gasteiger partial charge in [-0.3, -0.25) is 0 Å². The fourth-order valence-electron chi connectivity index (χ4n) is 1.81. The Bertz CT molecular complexity index is 566. The number of oxime groups is 1. The van der Waals surface area contributed by atoms with Crippen molar-refractivity contribution in [3.63, 3.8) is 0 Å². The Hall–Kier alpha value is -1.60. The van der Waals surface area contributed by atoms with Gasteiger partial charge >= 0.3 is 0 Å². The molecule has 0 unspecified atom stereocenters. The number of nitrogens with two attached hydrogens (primary N) is 1. The Balaban J connectivity index is 2.93. The standard InChI is InChI=1S/C13H21N3O3S/c1-3-16(4-2)8-9-20(18,19)12-7-5-6-11(10-12)13(14)15-17/h5-7,10,17H,3-4,8-9H2,1-2H3,(H2,14,15). The van der Waals surface area contributed by atoms with Gasteiger partial charge < -0.3 is 15.8 Å². The van der Waals surface area contributed by atoms with E-state index < -0.39 is 9.84 Å². The van der Waals surface area contributed by atoms with Crippen molar-refractivity contribution in [3.05, 3.63) is 29.8 Å². The van der Waals surface area contributed by atoms with Crippen LogP contribution in [-0.2, 0) is 9.84 Å². The van der Waals surface area contributed by atoms with Gasteiger partial charge in [0.05, 0.1) is 10.6 Å². The van der Waals surface area contributed by atoms with Crippen LogP contribution in [0.5, 0.6) is 0 Å². The van der Waals surface area contributed by atoms with E-state index >= 15 is 0 Å². The van der Waals surface area contributed by atoms with Crippen molar-refractivity contribution >= 4 is 15.7 Å². The molecule has 0 heterocycles. The van der Waals surface area contributed by atoms with Crippen LogP contribution < -0.4 is 5.73 Å². The third-order valence-corrected chi connectivity index (χ3v) is 4.86. The fraction of sp³-hybridized carbons (Fsp3) is 0.462. The van der Waals surface area contributed by atoms with E-state index in [9.17, 15) is 8.42 Å². The smallest absolute Gasteiger partial charge is 0.179 e. The Kier molecular flexibility index (Phi) is 5.97. The van der Waals surface area contributed by atoms with Gasteiger partial charge in [0.25, 0.3) is 0 Å². The van der Waals surface area contributed by atoms with Crippen molar-refractivity contribution in [3.8, 4) is 0 Å². The van der Waals surface area contributed by atoms with E-state index in [0.29, 0.717) is 12.1 Å². The molecule has 20 heavy (non-hydrogen) atoms. The summed E-state index contributed by atoms with van der Waals surface area (Å²) in [6.07, 6.45) is 0. The van der Waals surface area contributed by atoms with Gasteiger partial charge in [0, 0.05) is 12.1 Å². The van der Waals surface area contributed by atoms with Crippen molar-refractivity contribution in [1.82, 2.24) is 4.90 Å². The van der Waals surface area contributed by atoms with Gasteiger partial charge in [-0.25, -0.2) is 8.42 Å². The molecule has 0 aromatic heterocycles. The zero-order valence-electron chi connectivity index (χ0n) is 11.8. The lowest BCUT2D eigenvalue weighted by atomic mass is 10.2. The van der Waals surface area contributed by atoms with Crippen LogP contribution in [0.3, 0.4) is 0 Å². The molecule has 0 aliphatic heterocycles. The molecule has 0 aliphatic rings. The Labute approximate surface area is 119 Å². The molecular weight excluding hydrogens is 278 g/mol. The quantitative estimate of drug-likeness (QED) is 0.337. The summed E-state index contributed by atoms with van der Waals surface area (Å²) in [5, 5.41) is 11.5. The lowest BCUT2D eigenvalue weighted by Crippen LogP contribution is -2.29. The lowest BCUT2D eigenvalue weighted by molar-refractivity contribution is 0.318. The Morgan fingerprint density at radius 3 is 2.55 bits per heavy atom. The van der Waals surface area contributed by atoms with Crippen molar-refractivity contribution < 1.29 is 13.6 Å². The molecule has 0 radical (unpaired) electrons. The minimum absolute atomic E-state index is 0.0499. The van der Waals surface area contributed by atoms with Gasteiger partial charge in [0.1, 0.15) is 0 Å². The van der Waals surface area contributed by atoms with E-state index in [1.165, 1.54) is 12.1 Å². The third-order valence-electron chi connectivity index (χ3n) is 3.17. The lowest BCUT2D eigenvalue weighted by Gasteiger charge is -2.17. The maximum atomic E-state index is 12.3. The van der Waals surface area contributed by atoms with Gasteiger partial charge in [-0.15, -0.1) is 0 Å². The zero-order valence-corrected chi connectivity index (χ0v) is 12.6. The normalized spacial score (nSPS) is 12.8. The van der Waals surface area contributed by atoms with Gasteiger partial charge in [-0.05, 0) is 25.2 Å². The van der Waals surface area contributed by atoms with Crippen LogP contribution in [0.2, 0.25) is 0 Å². The topological polar surface area (TPSA) is 96.0 Å². The minimum Gasteiger partial charge on any atom is -0.409 e. The van der Waals surface area contributed by atoms with E-state index in [-0.39, 0.29) is 16.5 Å². The van der Waals surface area contributed by atoms with E-state index in [1.807, 2.05) is 18.7 Å². The molecule has 6 nitrogen and oxygen atoms in total. The minimum atomic E-state index is -3.37. The molecule has 1 aromatic carbocycles. The molecule has 7 heteroatoms. The summed E-state index contributed by atoms with van der Waals surface area (Å²) in [6.45, 7) is 6.11. The number of rotatable bonds is 7. The first kappa shape index (κ1) is 16.5. The zero-order chi connectivity index (χ0) is 15.2. The molecular formula is C13H21N3O3S. The number of nitrogens with zero attached hydrogens (tertiary/aromatic N) is 2. The Morgan fingerprint density at radius 1 is 1.35 bits per heavy atom. The van der Waals surface area contributed by atoms with Crippen molar-refractivity contribution in [2.75, 3.05) is 25.4 Å². The van der Waals surface area contributed by atoms with E-state index in [0.717, 1.165) is 13.1 Å². The summed E-state index contributed by atoms with van der Waals surface area (Å²) in [5.41, 5.74) is 5.85. The second-order valence-corrected chi connectivity index (χ2v) is 6.47. The predicted octanol–water partition coefficient (Wildman–Crippen LogP) is 0.897. The number of sulfone groups is 1. The summed E-state index contributed by atoms with van der Waals surface area (Å²) >= 11 is 0. The average Bonchev–Trinajstić information content (AvgIpc) is 2.47. The van der Waals surface area contributed by atoms with Crippen LogP contribution in [0.25, 0.3) is 0 Å². The summed E-state index contributed by atoms with van der Waals surface area (Å²) < 4.78 is 24.5. The molecule has 0 aliphatic carbocycles. The van der Waals surface area contributed by atoms with Crippen LogP contribution in [0.4, 0.5) is 0 Å². The van der Waals surface area contributed by atoms with Crippen molar-refractivity contribution in [1.29, 1.82) is 0 Å². The van der Waals surface area contributed by atoms with Gasteiger partial charge in [-0.1, -0.05) is 31.1 Å². The first-order chi connectivity index (χ1) is 9.44. The van der Waals surface area contributed by atoms with Crippen LogP contribution in [-0.4, -0.2) is 49.7 Å². The summed E-state index contributed by atoms with van der Waals surface area (Å²) in [6, 6.07) is 6.12. The van der Waals surface area contributed by atoms with E-state index in [4.69, 9.17) is 10.9 Å². The van der Waals surface area contributed by atoms with E-state index in [2.05, 4.69) is 5.16 Å². The summed E-state index contributed by atoms with van der Waals surface area (Å²) in [7, 11) is -3.37. The summed E-state index contributed by atoms with van der Waals surface area (Å²) in [5.74, 6) is -0.0558. The molecule has 0 amide bonds. The van der Waals surface area contributed by atoms with Crippen LogP contribution in [0.1, 0.15) is 19.4 Å². The maximum absolute atomic E-state index is 12.3. The monoisotopic (exact) mass is 299 g/mol. The Morgan fingerprint density at radius 2 is 2.00 bits per heavy atom. The van der Waals surface area contributed by atoms with E-state index in [1.54, 1.807) is 12.1 Å². The SMILES string of the molecule is CCN(CC)CCS(=O)(=O)c1cccc(/C(N)=N/O)c1. The third kappa shape index (κ3) is 4.21. The van der Waals surface area contributed by atoms with Gasteiger partial charge in [0.15, 0.2) is 15.7 Å². The molecule has 0 spiro atoms. The molecule has 3 N–H and O–H groups in total. The average molecular weight is 299 g/mol. The second-order valence-electron chi connectivity index (χ2n) is 4.36. The van der Waals surface area contributed by atoms with Crippen LogP contribution in [0.15, 0.2) is 34.3 Å². The van der Waals surface area contributed by atoms with Gasteiger partial charge in [0.2, 0.25) is 0 Å². The molecule has 0 bridgehead atoms. The highest BCUT2D eigenvalue weighted by molar-refractivity contribution is 7.91. The molecule has 0 saturated heterocycles. The molecule has 0 fully saturated rings. The van der Waals surface area contributed by atoms with Crippen LogP contribution >= 0.6 is 0 Å². The van der Waals surface area contributed by atoms with Gasteiger partial charge in [-0.2, -0.15) is 0 Å². The molecule has 0 saturated carbocycles. The molecule has 0 atom stereocenters. The highest BCUT2D eigenvalue weighted by Gasteiger charge is 2.16. The number of benzene rings is 1. The highest BCUT2D eigenvalue weighted by Crippen LogP contribution is 2.13. The maximum Gasteiger partial charge on any atom is 0.179 e. The number of amidine groups is 1. The predicted molar refractivity (Wildman–Crippen MR) is 78.8 cm³/mol. The second kappa shape index (κ2) is 7.25. The summed E-state index contributed by atoms with van der Waals surface area (Å²) in [4.78, 5) is 2.24. The fourth-order valence-corrected chi connectivity index (χ4v) is 3.14. The first-order valence-corrected chi connectivity index (χ1v) is 8.12. The molecule has 1 aromatic rings. The highest BCUT2D eigenvalue weighted by atomic mass is 32.2. The van der Waals surface area contributed by atoms with Crippen molar-refractivity contribution in [2.24, 2.45) is 10.9 Å². The number of hydrogen-bond acceptors (Lipinski definition) is 5. The largest absolute Gasteiger partial charge is 0.409 e. The van der Waals surface area contributed by atoms with Crippen molar-refractivity contribution in [2.45, 2.75) is 18.7 Å². The first-order valence-electron chi connectivity index (χ1n) is 6.47. The molecule has 1 rings (SSSR count).